The highest BCUT2D eigenvalue weighted by Gasteiger charge is 2.19. The van der Waals surface area contributed by atoms with Crippen molar-refractivity contribution >= 4 is 17.9 Å². The molecule has 6 heteroatoms. The molecule has 72 heavy (non-hydrogen) atoms. The highest BCUT2D eigenvalue weighted by atomic mass is 16.6. The summed E-state index contributed by atoms with van der Waals surface area (Å²) in [6, 6.07) is 0. The molecule has 414 valence electrons. The van der Waals surface area contributed by atoms with Gasteiger partial charge in [0.15, 0.2) is 6.10 Å². The van der Waals surface area contributed by atoms with Crippen molar-refractivity contribution in [1.29, 1.82) is 0 Å². The average molecular weight is 1000 g/mol. The van der Waals surface area contributed by atoms with Crippen LogP contribution in [0.1, 0.15) is 297 Å². The zero-order valence-corrected chi connectivity index (χ0v) is 47.4. The molecule has 0 aromatic rings. The normalized spacial score (nSPS) is 12.7. The zero-order chi connectivity index (χ0) is 52.2. The molecule has 0 saturated carbocycles. The van der Waals surface area contributed by atoms with Crippen LogP contribution in [0.3, 0.4) is 0 Å². The van der Waals surface area contributed by atoms with Gasteiger partial charge in [-0.2, -0.15) is 0 Å². The number of carbonyl (C=O) groups excluding carboxylic acids is 3. The van der Waals surface area contributed by atoms with Gasteiger partial charge >= 0.3 is 17.9 Å². The lowest BCUT2D eigenvalue weighted by molar-refractivity contribution is -0.167. The van der Waals surface area contributed by atoms with Gasteiger partial charge in [-0.3, -0.25) is 14.4 Å². The SMILES string of the molecule is CC/C=C\C/C=C\C/C=C\C/C=C\CCCCCCCCCCCCC(=O)OCC(COC(=O)CCCCCCC/C=C\CCCCCCCC)OC(=O)CCCCCCC/C=C\C/C=C\CCCCCC. The molecule has 0 aromatic carbocycles. The maximum Gasteiger partial charge on any atom is 0.306 e. The van der Waals surface area contributed by atoms with Crippen LogP contribution in [-0.2, 0) is 28.6 Å². The van der Waals surface area contributed by atoms with Crippen molar-refractivity contribution < 1.29 is 28.6 Å². The molecular formula is C66H114O6. The van der Waals surface area contributed by atoms with Crippen LogP contribution in [0.25, 0.3) is 0 Å². The molecule has 0 rings (SSSR count). The van der Waals surface area contributed by atoms with Crippen LogP contribution in [0.4, 0.5) is 0 Å². The Hall–Kier alpha value is -3.41. The topological polar surface area (TPSA) is 78.9 Å². The van der Waals surface area contributed by atoms with E-state index in [4.69, 9.17) is 14.2 Å². The van der Waals surface area contributed by atoms with E-state index in [0.717, 1.165) is 116 Å². The van der Waals surface area contributed by atoms with E-state index >= 15 is 0 Å². The first-order valence-electron chi connectivity index (χ1n) is 30.6. The third-order valence-electron chi connectivity index (χ3n) is 13.1. The van der Waals surface area contributed by atoms with Crippen LogP contribution in [0.15, 0.2) is 85.1 Å². The third kappa shape index (κ3) is 57.5. The Balaban J connectivity index is 4.37. The molecule has 0 spiro atoms. The molecule has 0 aromatic heterocycles. The summed E-state index contributed by atoms with van der Waals surface area (Å²) in [7, 11) is 0. The second-order valence-electron chi connectivity index (χ2n) is 20.2. The van der Waals surface area contributed by atoms with Crippen LogP contribution in [-0.4, -0.2) is 37.2 Å². The van der Waals surface area contributed by atoms with Gasteiger partial charge < -0.3 is 14.2 Å². The highest BCUT2D eigenvalue weighted by molar-refractivity contribution is 5.71. The first-order valence-corrected chi connectivity index (χ1v) is 30.6. The fourth-order valence-electron chi connectivity index (χ4n) is 8.52. The van der Waals surface area contributed by atoms with Crippen molar-refractivity contribution in [2.75, 3.05) is 13.2 Å². The van der Waals surface area contributed by atoms with Crippen molar-refractivity contribution in [3.8, 4) is 0 Å². The smallest absolute Gasteiger partial charge is 0.306 e. The molecule has 0 fully saturated rings. The van der Waals surface area contributed by atoms with E-state index in [9.17, 15) is 14.4 Å². The van der Waals surface area contributed by atoms with E-state index in [-0.39, 0.29) is 31.1 Å². The lowest BCUT2D eigenvalue weighted by atomic mass is 10.1. The van der Waals surface area contributed by atoms with Crippen LogP contribution in [0.5, 0.6) is 0 Å². The van der Waals surface area contributed by atoms with Crippen LogP contribution < -0.4 is 0 Å². The molecule has 0 radical (unpaired) electrons. The number of rotatable bonds is 55. The number of unbranched alkanes of at least 4 members (excludes halogenated alkanes) is 30. The monoisotopic (exact) mass is 1000 g/mol. The second-order valence-corrected chi connectivity index (χ2v) is 20.2. The van der Waals surface area contributed by atoms with Gasteiger partial charge in [0.05, 0.1) is 0 Å². The molecule has 0 aliphatic rings. The minimum Gasteiger partial charge on any atom is -0.462 e. The largest absolute Gasteiger partial charge is 0.462 e. The Morgan fingerprint density at radius 3 is 0.875 bits per heavy atom. The minimum absolute atomic E-state index is 0.0863. The molecule has 0 aliphatic carbocycles. The van der Waals surface area contributed by atoms with Crippen molar-refractivity contribution in [1.82, 2.24) is 0 Å². The van der Waals surface area contributed by atoms with Crippen LogP contribution >= 0.6 is 0 Å². The van der Waals surface area contributed by atoms with E-state index in [0.29, 0.717) is 19.3 Å². The summed E-state index contributed by atoms with van der Waals surface area (Å²) in [5.41, 5.74) is 0. The number of hydrogen-bond acceptors (Lipinski definition) is 6. The Morgan fingerprint density at radius 1 is 0.292 bits per heavy atom. The van der Waals surface area contributed by atoms with Gasteiger partial charge in [0.2, 0.25) is 0 Å². The number of carbonyl (C=O) groups is 3. The lowest BCUT2D eigenvalue weighted by Gasteiger charge is -2.18. The maximum absolute atomic E-state index is 12.9. The predicted molar refractivity (Wildman–Crippen MR) is 311 cm³/mol. The molecular weight excluding hydrogens is 889 g/mol. The average Bonchev–Trinajstić information content (AvgIpc) is 3.38. The maximum atomic E-state index is 12.9. The summed E-state index contributed by atoms with van der Waals surface area (Å²) in [5.74, 6) is -0.903. The van der Waals surface area contributed by atoms with Gasteiger partial charge in [0.1, 0.15) is 13.2 Å². The van der Waals surface area contributed by atoms with Crippen molar-refractivity contribution in [3.63, 3.8) is 0 Å². The highest BCUT2D eigenvalue weighted by Crippen LogP contribution is 2.15. The number of allylic oxidation sites excluding steroid dienone is 14. The summed E-state index contributed by atoms with van der Waals surface area (Å²) in [6.45, 7) is 6.51. The summed E-state index contributed by atoms with van der Waals surface area (Å²) >= 11 is 0. The van der Waals surface area contributed by atoms with Gasteiger partial charge in [0.25, 0.3) is 0 Å². The molecule has 0 amide bonds. The standard InChI is InChI=1S/C66H114O6/c1-4-7-10-13-16-19-22-25-28-30-31-32-33-34-35-36-39-41-44-47-50-53-56-59-65(68)71-62-63(61-70-64(67)58-55-52-49-46-43-40-37-27-24-21-18-15-12-9-6-3)72-66(69)60-57-54-51-48-45-42-38-29-26-23-20-17-14-11-8-5-2/h7,10,16,19-20,23,25,27-29,31-32,37-38,63H,4-6,8-9,11-15,17-18,21-22,24,26,30,33-36,39-62H2,1-3H3/b10-7-,19-16-,23-20-,28-25-,32-31-,37-27-,38-29-. The van der Waals surface area contributed by atoms with Gasteiger partial charge in [-0.15, -0.1) is 0 Å². The van der Waals surface area contributed by atoms with Crippen molar-refractivity contribution in [2.24, 2.45) is 0 Å². The fraction of sp³-hybridized carbons (Fsp3) is 0.742. The van der Waals surface area contributed by atoms with Crippen molar-refractivity contribution in [3.05, 3.63) is 85.1 Å². The van der Waals surface area contributed by atoms with E-state index in [1.54, 1.807) is 0 Å². The Kier molecular flexibility index (Phi) is 57.3. The summed E-state index contributed by atoms with van der Waals surface area (Å²) in [6.07, 6.45) is 78.6. The van der Waals surface area contributed by atoms with Gasteiger partial charge in [-0.1, -0.05) is 247 Å². The van der Waals surface area contributed by atoms with Gasteiger partial charge in [0, 0.05) is 19.3 Å². The Labute approximate surface area is 445 Å². The molecule has 0 aliphatic heterocycles. The van der Waals surface area contributed by atoms with Crippen LogP contribution in [0.2, 0.25) is 0 Å². The molecule has 6 nitrogen and oxygen atoms in total. The first-order chi connectivity index (χ1) is 35.5. The van der Waals surface area contributed by atoms with Crippen LogP contribution in [0, 0.1) is 0 Å². The summed E-state index contributed by atoms with van der Waals surface area (Å²) in [5, 5.41) is 0. The second kappa shape index (κ2) is 60.1. The van der Waals surface area contributed by atoms with E-state index < -0.39 is 6.10 Å². The molecule has 0 N–H and O–H groups in total. The molecule has 1 atom stereocenters. The third-order valence-corrected chi connectivity index (χ3v) is 13.1. The minimum atomic E-state index is -0.790. The van der Waals surface area contributed by atoms with E-state index in [1.165, 1.54) is 141 Å². The number of hydrogen-bond donors (Lipinski definition) is 0. The molecule has 0 saturated heterocycles. The fourth-order valence-corrected chi connectivity index (χ4v) is 8.52. The number of ether oxygens (including phenoxy) is 3. The molecule has 0 heterocycles. The van der Waals surface area contributed by atoms with E-state index in [2.05, 4.69) is 106 Å². The lowest BCUT2D eigenvalue weighted by Crippen LogP contribution is -2.30. The Bertz CT molecular complexity index is 1380. The van der Waals surface area contributed by atoms with Crippen molar-refractivity contribution in [2.45, 2.75) is 303 Å². The Morgan fingerprint density at radius 2 is 0.542 bits per heavy atom. The van der Waals surface area contributed by atoms with Gasteiger partial charge in [-0.05, 0) is 116 Å². The van der Waals surface area contributed by atoms with Gasteiger partial charge in [-0.25, -0.2) is 0 Å². The first kappa shape index (κ1) is 68.6. The van der Waals surface area contributed by atoms with E-state index in [1.807, 2.05) is 0 Å². The quantitative estimate of drug-likeness (QED) is 0.0261. The molecule has 0 bridgehead atoms. The number of esters is 3. The zero-order valence-electron chi connectivity index (χ0n) is 47.4. The summed E-state index contributed by atoms with van der Waals surface area (Å²) < 4.78 is 16.9. The predicted octanol–water partition coefficient (Wildman–Crippen LogP) is 20.7. The summed E-state index contributed by atoms with van der Waals surface area (Å²) in [4.78, 5) is 38.2. The molecule has 1 unspecified atom stereocenters.